The molecule has 0 spiro atoms. The number of hydrogen-bond donors (Lipinski definition) is 1. The molecule has 26 heavy (non-hydrogen) atoms. The van der Waals surface area contributed by atoms with Crippen molar-refractivity contribution >= 4 is 27.5 Å². The van der Waals surface area contributed by atoms with Gasteiger partial charge in [-0.3, -0.25) is 9.69 Å². The molecule has 1 heterocycles. The van der Waals surface area contributed by atoms with Gasteiger partial charge in [0.15, 0.2) is 0 Å². The van der Waals surface area contributed by atoms with Gasteiger partial charge in [0, 0.05) is 46.2 Å². The van der Waals surface area contributed by atoms with Gasteiger partial charge < -0.3 is 5.32 Å². The summed E-state index contributed by atoms with van der Waals surface area (Å²) in [5.74, 6) is -0.144. The zero-order valence-electron chi connectivity index (χ0n) is 14.0. The number of sulfonamides is 1. The lowest BCUT2D eigenvalue weighted by molar-refractivity contribution is -0.137. The predicted octanol–water partition coefficient (Wildman–Crippen LogP) is 1.80. The van der Waals surface area contributed by atoms with E-state index in [0.29, 0.717) is 32.2 Å². The van der Waals surface area contributed by atoms with Crippen LogP contribution < -0.4 is 5.32 Å². The Balaban J connectivity index is 2.07. The van der Waals surface area contributed by atoms with E-state index in [1.54, 1.807) is 0 Å². The summed E-state index contributed by atoms with van der Waals surface area (Å²) in [5.41, 5.74) is -1.17. The monoisotopic (exact) mass is 413 g/mol. The topological polar surface area (TPSA) is 69.7 Å². The van der Waals surface area contributed by atoms with Gasteiger partial charge in [0.25, 0.3) is 0 Å². The minimum Gasteiger partial charge on any atom is -0.355 e. The van der Waals surface area contributed by atoms with Gasteiger partial charge in [-0.1, -0.05) is 11.6 Å². The van der Waals surface area contributed by atoms with Gasteiger partial charge >= 0.3 is 6.18 Å². The Hall–Kier alpha value is -1.36. The first kappa shape index (κ1) is 20.9. The molecule has 146 valence electrons. The van der Waals surface area contributed by atoms with Crippen molar-refractivity contribution in [2.75, 3.05) is 39.3 Å². The molecular weight excluding hydrogens is 395 g/mol. The molecule has 1 N–H and O–H groups in total. The highest BCUT2D eigenvalue weighted by Gasteiger charge is 2.36. The highest BCUT2D eigenvalue weighted by atomic mass is 35.5. The molecule has 1 amide bonds. The maximum absolute atomic E-state index is 13.0. The molecule has 1 aromatic rings. The Morgan fingerprint density at radius 1 is 1.23 bits per heavy atom. The molecule has 11 heteroatoms. The van der Waals surface area contributed by atoms with E-state index in [4.69, 9.17) is 11.6 Å². The fraction of sp³-hybridized carbons (Fsp3) is 0.533. The maximum atomic E-state index is 13.0. The summed E-state index contributed by atoms with van der Waals surface area (Å²) in [6, 6.07) is 2.60. The standard InChI is InChI=1S/C15H19ClF3N3O3S/c1-11(23)20-4-5-21-6-8-22(9-7-21)26(24,25)12-2-3-14(16)13(10-12)15(17,18)19/h2-3,10H,4-9H2,1H3,(H,20,23). The van der Waals surface area contributed by atoms with Crippen LogP contribution in [0.3, 0.4) is 0 Å². The van der Waals surface area contributed by atoms with Crippen molar-refractivity contribution in [1.82, 2.24) is 14.5 Å². The first-order valence-electron chi connectivity index (χ1n) is 7.85. The lowest BCUT2D eigenvalue weighted by Gasteiger charge is -2.34. The smallest absolute Gasteiger partial charge is 0.355 e. The SMILES string of the molecule is CC(=O)NCCN1CCN(S(=O)(=O)c2ccc(Cl)c(C(F)(F)F)c2)CC1. The molecular formula is C15H19ClF3N3O3S. The van der Waals surface area contributed by atoms with Crippen molar-refractivity contribution in [1.29, 1.82) is 0 Å². The molecule has 0 radical (unpaired) electrons. The molecule has 0 saturated carbocycles. The number of nitrogens with one attached hydrogen (secondary N) is 1. The zero-order valence-corrected chi connectivity index (χ0v) is 15.6. The number of rotatable bonds is 5. The molecule has 0 aromatic heterocycles. The molecule has 0 unspecified atom stereocenters. The number of hydrogen-bond acceptors (Lipinski definition) is 4. The Kier molecular flexibility index (Phi) is 6.54. The number of nitrogens with zero attached hydrogens (tertiary/aromatic N) is 2. The van der Waals surface area contributed by atoms with Crippen LogP contribution in [0.4, 0.5) is 13.2 Å². The van der Waals surface area contributed by atoms with E-state index in [1.165, 1.54) is 6.92 Å². The predicted molar refractivity (Wildman–Crippen MR) is 90.3 cm³/mol. The number of carbonyl (C=O) groups is 1. The Labute approximate surface area is 155 Å². The third-order valence-corrected chi connectivity index (χ3v) is 6.24. The van der Waals surface area contributed by atoms with Gasteiger partial charge in [-0.05, 0) is 18.2 Å². The summed E-state index contributed by atoms with van der Waals surface area (Å²) in [5, 5.41) is 2.11. The molecule has 1 aliphatic heterocycles. The van der Waals surface area contributed by atoms with Crippen LogP contribution >= 0.6 is 11.6 Å². The van der Waals surface area contributed by atoms with E-state index in [9.17, 15) is 26.4 Å². The summed E-state index contributed by atoms with van der Waals surface area (Å²) in [6.07, 6.45) is -4.73. The quantitative estimate of drug-likeness (QED) is 0.799. The van der Waals surface area contributed by atoms with E-state index in [0.717, 1.165) is 16.4 Å². The molecule has 1 aromatic carbocycles. The van der Waals surface area contributed by atoms with Crippen LogP contribution in [0.15, 0.2) is 23.1 Å². The van der Waals surface area contributed by atoms with E-state index in [-0.39, 0.29) is 19.0 Å². The van der Waals surface area contributed by atoms with E-state index in [1.807, 2.05) is 4.90 Å². The second-order valence-electron chi connectivity index (χ2n) is 5.87. The summed E-state index contributed by atoms with van der Waals surface area (Å²) in [4.78, 5) is 12.4. The Morgan fingerprint density at radius 2 is 1.85 bits per heavy atom. The Bertz CT molecular complexity index is 763. The highest BCUT2D eigenvalue weighted by Crippen LogP contribution is 2.36. The molecule has 6 nitrogen and oxygen atoms in total. The third-order valence-electron chi connectivity index (χ3n) is 4.01. The number of benzene rings is 1. The van der Waals surface area contributed by atoms with Crippen LogP contribution in [0.1, 0.15) is 12.5 Å². The summed E-state index contributed by atoms with van der Waals surface area (Å²) in [6.45, 7) is 3.61. The lowest BCUT2D eigenvalue weighted by Crippen LogP contribution is -2.50. The van der Waals surface area contributed by atoms with Gasteiger partial charge in [0.2, 0.25) is 15.9 Å². The third kappa shape index (κ3) is 5.09. The van der Waals surface area contributed by atoms with Gasteiger partial charge in [-0.25, -0.2) is 8.42 Å². The van der Waals surface area contributed by atoms with Crippen molar-refractivity contribution in [3.8, 4) is 0 Å². The van der Waals surface area contributed by atoms with Crippen LogP contribution in [0.25, 0.3) is 0 Å². The van der Waals surface area contributed by atoms with Crippen molar-refractivity contribution in [3.63, 3.8) is 0 Å². The minimum atomic E-state index is -4.73. The summed E-state index contributed by atoms with van der Waals surface area (Å²) in [7, 11) is -4.04. The molecule has 1 fully saturated rings. The number of piperazine rings is 1. The van der Waals surface area contributed by atoms with Crippen LogP contribution in [-0.4, -0.2) is 62.8 Å². The second-order valence-corrected chi connectivity index (χ2v) is 8.21. The molecule has 1 aliphatic rings. The number of carbonyl (C=O) groups excluding carboxylic acids is 1. The second kappa shape index (κ2) is 8.12. The van der Waals surface area contributed by atoms with Crippen molar-refractivity contribution in [2.45, 2.75) is 18.0 Å². The largest absolute Gasteiger partial charge is 0.417 e. The fourth-order valence-electron chi connectivity index (χ4n) is 2.61. The summed E-state index contributed by atoms with van der Waals surface area (Å²) < 4.78 is 65.3. The van der Waals surface area contributed by atoms with Crippen LogP contribution in [0.2, 0.25) is 5.02 Å². The maximum Gasteiger partial charge on any atom is 0.417 e. The summed E-state index contributed by atoms with van der Waals surface area (Å²) >= 11 is 5.54. The normalized spacial score (nSPS) is 17.3. The number of alkyl halides is 3. The molecule has 2 rings (SSSR count). The average Bonchev–Trinajstić information content (AvgIpc) is 2.54. The van der Waals surface area contributed by atoms with Crippen LogP contribution in [0.5, 0.6) is 0 Å². The van der Waals surface area contributed by atoms with E-state index >= 15 is 0 Å². The first-order chi connectivity index (χ1) is 12.0. The van der Waals surface area contributed by atoms with Crippen LogP contribution in [-0.2, 0) is 21.0 Å². The van der Waals surface area contributed by atoms with Crippen molar-refractivity contribution in [3.05, 3.63) is 28.8 Å². The van der Waals surface area contributed by atoms with Crippen molar-refractivity contribution < 1.29 is 26.4 Å². The van der Waals surface area contributed by atoms with Gasteiger partial charge in [-0.15, -0.1) is 0 Å². The number of halogens is 4. The lowest BCUT2D eigenvalue weighted by atomic mass is 10.2. The molecule has 1 saturated heterocycles. The average molecular weight is 414 g/mol. The molecule has 0 atom stereocenters. The fourth-order valence-corrected chi connectivity index (χ4v) is 4.29. The van der Waals surface area contributed by atoms with Gasteiger partial charge in [0.05, 0.1) is 15.5 Å². The van der Waals surface area contributed by atoms with Crippen molar-refractivity contribution in [2.24, 2.45) is 0 Å². The first-order valence-corrected chi connectivity index (χ1v) is 9.67. The van der Waals surface area contributed by atoms with E-state index in [2.05, 4.69) is 5.32 Å². The van der Waals surface area contributed by atoms with Crippen LogP contribution in [0, 0.1) is 0 Å². The highest BCUT2D eigenvalue weighted by molar-refractivity contribution is 7.89. The van der Waals surface area contributed by atoms with Gasteiger partial charge in [0.1, 0.15) is 0 Å². The zero-order chi connectivity index (χ0) is 19.5. The Morgan fingerprint density at radius 3 is 2.38 bits per heavy atom. The molecule has 0 aliphatic carbocycles. The minimum absolute atomic E-state index is 0.144. The van der Waals surface area contributed by atoms with Gasteiger partial charge in [-0.2, -0.15) is 17.5 Å². The number of amides is 1. The molecule has 0 bridgehead atoms. The van der Waals surface area contributed by atoms with E-state index < -0.39 is 31.7 Å².